The van der Waals surface area contributed by atoms with E-state index >= 15 is 0 Å². The van der Waals surface area contributed by atoms with E-state index in [1.807, 2.05) is 12.1 Å². The zero-order valence-corrected chi connectivity index (χ0v) is 10.9. The molecule has 0 saturated carbocycles. The Morgan fingerprint density at radius 3 is 2.50 bits per heavy atom. The minimum atomic E-state index is -0.368. The van der Waals surface area contributed by atoms with Crippen LogP contribution >= 0.6 is 23.2 Å². The van der Waals surface area contributed by atoms with Crippen molar-refractivity contribution < 1.29 is 13.9 Å². The number of ether oxygens (including phenoxy) is 2. The number of alkyl halides is 1. The molecule has 1 aliphatic rings. The molecule has 0 N–H and O–H groups in total. The molecule has 3 nitrogen and oxygen atoms in total. The Labute approximate surface area is 114 Å². The van der Waals surface area contributed by atoms with Crippen LogP contribution in [0.4, 0.5) is 0 Å². The van der Waals surface area contributed by atoms with Gasteiger partial charge in [0.05, 0.1) is 17.9 Å². The highest BCUT2D eigenvalue weighted by atomic mass is 35.5. The Morgan fingerprint density at radius 1 is 1.11 bits per heavy atom. The summed E-state index contributed by atoms with van der Waals surface area (Å²) in [6.45, 7) is 1.07. The lowest BCUT2D eigenvalue weighted by molar-refractivity contribution is 0.171. The van der Waals surface area contributed by atoms with Gasteiger partial charge in [-0.25, -0.2) is 0 Å². The lowest BCUT2D eigenvalue weighted by Gasteiger charge is -2.20. The van der Waals surface area contributed by atoms with E-state index in [2.05, 4.69) is 0 Å². The summed E-state index contributed by atoms with van der Waals surface area (Å²) in [7, 11) is 0. The van der Waals surface area contributed by atoms with Crippen molar-refractivity contribution in [3.05, 3.63) is 46.9 Å². The van der Waals surface area contributed by atoms with Gasteiger partial charge in [0.15, 0.2) is 11.5 Å². The van der Waals surface area contributed by atoms with Gasteiger partial charge in [-0.2, -0.15) is 0 Å². The van der Waals surface area contributed by atoms with Crippen LogP contribution in [0.3, 0.4) is 0 Å². The quantitative estimate of drug-likeness (QED) is 0.781. The maximum Gasteiger partial charge on any atom is 0.162 e. The molecule has 0 spiro atoms. The number of rotatable bonds is 2. The molecule has 3 rings (SSSR count). The lowest BCUT2D eigenvalue weighted by atomic mass is 10.1. The summed E-state index contributed by atoms with van der Waals surface area (Å²) in [4.78, 5) is 0. The van der Waals surface area contributed by atoms with Crippen LogP contribution in [0, 0.1) is 0 Å². The molecule has 2 aromatic rings. The summed E-state index contributed by atoms with van der Waals surface area (Å²) >= 11 is 12.6. The monoisotopic (exact) mass is 284 g/mol. The number of hydrogen-bond acceptors (Lipinski definition) is 3. The fourth-order valence-electron chi connectivity index (χ4n) is 1.87. The molecule has 5 heteroatoms. The highest BCUT2D eigenvalue weighted by Crippen LogP contribution is 2.41. The molecule has 1 aliphatic heterocycles. The van der Waals surface area contributed by atoms with E-state index in [1.165, 1.54) is 0 Å². The zero-order valence-electron chi connectivity index (χ0n) is 9.36. The van der Waals surface area contributed by atoms with Gasteiger partial charge in [0, 0.05) is 16.7 Å². The first-order valence-corrected chi connectivity index (χ1v) is 6.32. The van der Waals surface area contributed by atoms with Crippen molar-refractivity contribution >= 4 is 23.2 Å². The van der Waals surface area contributed by atoms with E-state index in [9.17, 15) is 0 Å². The third-order valence-corrected chi connectivity index (χ3v) is 3.58. The van der Waals surface area contributed by atoms with E-state index in [4.69, 9.17) is 37.1 Å². The molecule has 1 aromatic carbocycles. The lowest BCUT2D eigenvalue weighted by Crippen LogP contribution is -2.15. The van der Waals surface area contributed by atoms with Gasteiger partial charge in [-0.1, -0.05) is 11.6 Å². The summed E-state index contributed by atoms with van der Waals surface area (Å²) < 4.78 is 16.0. The molecule has 1 atom stereocenters. The average Bonchev–Trinajstić information content (AvgIpc) is 2.91. The van der Waals surface area contributed by atoms with E-state index in [1.54, 1.807) is 18.6 Å². The Bertz CT molecular complexity index is 552. The zero-order chi connectivity index (χ0) is 12.5. The van der Waals surface area contributed by atoms with Crippen LogP contribution in [0.15, 0.2) is 35.1 Å². The molecule has 0 bridgehead atoms. The van der Waals surface area contributed by atoms with Crippen LogP contribution in [0.5, 0.6) is 11.5 Å². The topological polar surface area (TPSA) is 31.6 Å². The van der Waals surface area contributed by atoms with Crippen molar-refractivity contribution in [2.75, 3.05) is 13.2 Å². The van der Waals surface area contributed by atoms with Crippen molar-refractivity contribution in [2.45, 2.75) is 5.38 Å². The molecule has 0 radical (unpaired) electrons. The van der Waals surface area contributed by atoms with Gasteiger partial charge >= 0.3 is 0 Å². The van der Waals surface area contributed by atoms with Gasteiger partial charge in [0.1, 0.15) is 13.2 Å². The maximum absolute atomic E-state index is 6.38. The Hall–Kier alpha value is -1.32. The number of furan rings is 1. The molecule has 0 amide bonds. The fourth-order valence-corrected chi connectivity index (χ4v) is 2.50. The number of benzene rings is 1. The molecule has 1 aromatic heterocycles. The predicted molar refractivity (Wildman–Crippen MR) is 68.8 cm³/mol. The van der Waals surface area contributed by atoms with Gasteiger partial charge < -0.3 is 13.9 Å². The molecule has 0 saturated heterocycles. The third kappa shape index (κ3) is 2.04. The smallest absolute Gasteiger partial charge is 0.162 e. The molecule has 0 fully saturated rings. The average molecular weight is 285 g/mol. The van der Waals surface area contributed by atoms with Gasteiger partial charge in [-0.3, -0.25) is 0 Å². The Balaban J connectivity index is 2.01. The van der Waals surface area contributed by atoms with Crippen molar-refractivity contribution in [1.29, 1.82) is 0 Å². The first kappa shape index (κ1) is 11.8. The van der Waals surface area contributed by atoms with Crippen LogP contribution in [-0.4, -0.2) is 13.2 Å². The van der Waals surface area contributed by atoms with E-state index in [0.717, 1.165) is 11.1 Å². The minimum Gasteiger partial charge on any atom is -0.486 e. The largest absolute Gasteiger partial charge is 0.486 e. The number of halogens is 2. The van der Waals surface area contributed by atoms with Crippen LogP contribution in [-0.2, 0) is 0 Å². The molecule has 94 valence electrons. The molecule has 0 aliphatic carbocycles. The Kier molecular flexibility index (Phi) is 3.10. The summed E-state index contributed by atoms with van der Waals surface area (Å²) in [5.41, 5.74) is 1.64. The molecule has 2 heterocycles. The molecular weight excluding hydrogens is 275 g/mol. The summed E-state index contributed by atoms with van der Waals surface area (Å²) in [6, 6.07) is 5.37. The highest BCUT2D eigenvalue weighted by molar-refractivity contribution is 6.33. The standard InChI is InChI=1S/C13H10Cl2O3/c14-10-6-12-11(17-3-4-18-12)5-9(10)13(15)8-1-2-16-7-8/h1-2,5-7,13H,3-4H2. The first-order chi connectivity index (χ1) is 8.75. The maximum atomic E-state index is 6.38. The summed E-state index contributed by atoms with van der Waals surface area (Å²) in [6.07, 6.45) is 3.18. The van der Waals surface area contributed by atoms with E-state index in [0.29, 0.717) is 29.7 Å². The van der Waals surface area contributed by atoms with Gasteiger partial charge in [0.2, 0.25) is 0 Å². The molecule has 1 unspecified atom stereocenters. The van der Waals surface area contributed by atoms with Crippen molar-refractivity contribution in [1.82, 2.24) is 0 Å². The first-order valence-electron chi connectivity index (χ1n) is 5.51. The van der Waals surface area contributed by atoms with Crippen molar-refractivity contribution in [3.8, 4) is 11.5 Å². The van der Waals surface area contributed by atoms with Crippen molar-refractivity contribution in [3.63, 3.8) is 0 Å². The van der Waals surface area contributed by atoms with Gasteiger partial charge in [0.25, 0.3) is 0 Å². The third-order valence-electron chi connectivity index (χ3n) is 2.77. The fraction of sp³-hybridized carbons (Fsp3) is 0.231. The number of fused-ring (bicyclic) bond motifs is 1. The Morgan fingerprint density at radius 2 is 1.83 bits per heavy atom. The second kappa shape index (κ2) is 4.75. The molecule has 18 heavy (non-hydrogen) atoms. The minimum absolute atomic E-state index is 0.368. The number of hydrogen-bond donors (Lipinski definition) is 0. The summed E-state index contributed by atoms with van der Waals surface area (Å²) in [5.74, 6) is 1.33. The van der Waals surface area contributed by atoms with Crippen molar-refractivity contribution in [2.24, 2.45) is 0 Å². The normalized spacial score (nSPS) is 15.4. The molecular formula is C13H10Cl2O3. The SMILES string of the molecule is Clc1cc2c(cc1C(Cl)c1ccoc1)OCCO2. The second-order valence-corrected chi connectivity index (χ2v) is 4.78. The van der Waals surface area contributed by atoms with Crippen LogP contribution < -0.4 is 9.47 Å². The van der Waals surface area contributed by atoms with Gasteiger partial charge in [-0.15, -0.1) is 11.6 Å². The summed E-state index contributed by atoms with van der Waals surface area (Å²) in [5, 5.41) is 0.188. The predicted octanol–water partition coefficient (Wildman–Crippen LogP) is 4.03. The van der Waals surface area contributed by atoms with Crippen LogP contribution in [0.1, 0.15) is 16.5 Å². The second-order valence-electron chi connectivity index (χ2n) is 3.94. The highest BCUT2D eigenvalue weighted by Gasteiger charge is 2.21. The van der Waals surface area contributed by atoms with Crippen LogP contribution in [0.2, 0.25) is 5.02 Å². The van der Waals surface area contributed by atoms with Crippen LogP contribution in [0.25, 0.3) is 0 Å². The van der Waals surface area contributed by atoms with E-state index in [-0.39, 0.29) is 5.38 Å². The van der Waals surface area contributed by atoms with Gasteiger partial charge in [-0.05, 0) is 17.7 Å². The van der Waals surface area contributed by atoms with E-state index < -0.39 is 0 Å².